The van der Waals surface area contributed by atoms with Crippen molar-refractivity contribution in [2.45, 2.75) is 24.9 Å². The summed E-state index contributed by atoms with van der Waals surface area (Å²) in [6, 6.07) is 5.06. The molecule has 26 heavy (non-hydrogen) atoms. The van der Waals surface area contributed by atoms with Crippen LogP contribution in [0.3, 0.4) is 0 Å². The smallest absolute Gasteiger partial charge is 0.355 e. The minimum Gasteiger partial charge on any atom is -0.355 e. The lowest BCUT2D eigenvalue weighted by Gasteiger charge is -2.17. The third-order valence-electron chi connectivity index (χ3n) is 3.54. The minimum atomic E-state index is -4.38. The van der Waals surface area contributed by atoms with Gasteiger partial charge in [-0.05, 0) is 24.0 Å². The predicted molar refractivity (Wildman–Crippen MR) is 100 cm³/mol. The van der Waals surface area contributed by atoms with Crippen LogP contribution in [0.4, 0.5) is 13.2 Å². The number of benzene rings is 1. The number of carbonyl (C=O) groups excluding carboxylic acids is 1. The van der Waals surface area contributed by atoms with Gasteiger partial charge in [0.05, 0.1) is 18.7 Å². The molecule has 5 nitrogen and oxygen atoms in total. The second-order valence-corrected chi connectivity index (χ2v) is 7.21. The van der Waals surface area contributed by atoms with E-state index in [1.807, 2.05) is 13.2 Å². The Balaban J connectivity index is 2.82. The number of amides is 1. The maximum atomic E-state index is 12.8. The molecule has 0 bridgehead atoms. The molecule has 1 aromatic carbocycles. The molecule has 9 heteroatoms. The van der Waals surface area contributed by atoms with Crippen molar-refractivity contribution >= 4 is 23.6 Å². The van der Waals surface area contributed by atoms with E-state index >= 15 is 0 Å². The summed E-state index contributed by atoms with van der Waals surface area (Å²) >= 11 is 1.67. The van der Waals surface area contributed by atoms with Gasteiger partial charge in [0.2, 0.25) is 5.91 Å². The largest absolute Gasteiger partial charge is 0.416 e. The van der Waals surface area contributed by atoms with Gasteiger partial charge in [-0.1, -0.05) is 19.1 Å². The second kappa shape index (κ2) is 10.3. The Morgan fingerprint density at radius 1 is 1.31 bits per heavy atom. The van der Waals surface area contributed by atoms with Gasteiger partial charge in [0.15, 0.2) is 5.96 Å². The predicted octanol–water partition coefficient (Wildman–Crippen LogP) is 2.58. The van der Waals surface area contributed by atoms with Crippen LogP contribution in [0.1, 0.15) is 18.1 Å². The monoisotopic (exact) mass is 390 g/mol. The standard InChI is InChI=1S/C17H25F3N4OS/c1-12(26-4)9-21-16(23-11-15(25)24(2)3)22-10-13-6-5-7-14(8-13)17(18,19)20/h5-8,12H,9-11H2,1-4H3,(H2,21,22,23). The van der Waals surface area contributed by atoms with E-state index in [1.54, 1.807) is 31.9 Å². The summed E-state index contributed by atoms with van der Waals surface area (Å²) in [4.78, 5) is 17.5. The summed E-state index contributed by atoms with van der Waals surface area (Å²) < 4.78 is 38.4. The van der Waals surface area contributed by atoms with Gasteiger partial charge in [-0.2, -0.15) is 24.9 Å². The molecule has 0 saturated carbocycles. The normalized spacial score (nSPS) is 13.3. The van der Waals surface area contributed by atoms with Crippen LogP contribution >= 0.6 is 11.8 Å². The van der Waals surface area contributed by atoms with Crippen LogP contribution in [-0.4, -0.2) is 55.5 Å². The Labute approximate surface area is 156 Å². The molecule has 1 unspecified atom stereocenters. The minimum absolute atomic E-state index is 0.0507. The average molecular weight is 390 g/mol. The fourth-order valence-corrected chi connectivity index (χ4v) is 2.08. The summed E-state index contributed by atoms with van der Waals surface area (Å²) in [5.74, 6) is 0.259. The number of alkyl halides is 3. The van der Waals surface area contributed by atoms with Crippen LogP contribution < -0.4 is 10.6 Å². The molecule has 0 aliphatic carbocycles. The van der Waals surface area contributed by atoms with E-state index in [-0.39, 0.29) is 19.0 Å². The summed E-state index contributed by atoms with van der Waals surface area (Å²) in [5.41, 5.74) is -0.260. The molecule has 146 valence electrons. The molecule has 0 aliphatic heterocycles. The van der Waals surface area contributed by atoms with Gasteiger partial charge in [-0.25, -0.2) is 4.99 Å². The van der Waals surface area contributed by atoms with E-state index in [0.29, 0.717) is 23.3 Å². The molecular weight excluding hydrogens is 365 g/mol. The molecule has 1 rings (SSSR count). The van der Waals surface area contributed by atoms with Crippen molar-refractivity contribution in [1.29, 1.82) is 0 Å². The fourth-order valence-electron chi connectivity index (χ4n) is 1.83. The highest BCUT2D eigenvalue weighted by Gasteiger charge is 2.30. The molecule has 0 aromatic heterocycles. The van der Waals surface area contributed by atoms with Crippen molar-refractivity contribution < 1.29 is 18.0 Å². The number of nitrogens with zero attached hydrogens (tertiary/aromatic N) is 2. The number of guanidine groups is 1. The molecule has 0 heterocycles. The van der Waals surface area contributed by atoms with Crippen LogP contribution in [-0.2, 0) is 17.5 Å². The molecule has 0 spiro atoms. The summed E-state index contributed by atoms with van der Waals surface area (Å²) in [6.07, 6.45) is -2.40. The van der Waals surface area contributed by atoms with E-state index in [2.05, 4.69) is 15.6 Å². The highest BCUT2D eigenvalue weighted by Crippen LogP contribution is 2.29. The third-order valence-corrected chi connectivity index (χ3v) is 4.51. The van der Waals surface area contributed by atoms with Crippen LogP contribution in [0.15, 0.2) is 29.3 Å². The molecule has 0 fully saturated rings. The van der Waals surface area contributed by atoms with E-state index in [0.717, 1.165) is 12.1 Å². The number of hydrogen-bond acceptors (Lipinski definition) is 3. The molecule has 0 saturated heterocycles. The van der Waals surface area contributed by atoms with Gasteiger partial charge in [0.25, 0.3) is 0 Å². The van der Waals surface area contributed by atoms with Crippen molar-refractivity contribution in [3.63, 3.8) is 0 Å². The highest BCUT2D eigenvalue weighted by molar-refractivity contribution is 7.99. The Morgan fingerprint density at radius 3 is 2.58 bits per heavy atom. The molecule has 0 radical (unpaired) electrons. The van der Waals surface area contributed by atoms with Crippen LogP contribution in [0, 0.1) is 0 Å². The van der Waals surface area contributed by atoms with Crippen LogP contribution in [0.5, 0.6) is 0 Å². The number of halogens is 3. The number of carbonyl (C=O) groups is 1. The SMILES string of the molecule is CSC(C)CNC(=NCc1cccc(C(F)(F)F)c1)NCC(=O)N(C)C. The van der Waals surface area contributed by atoms with E-state index < -0.39 is 11.7 Å². The number of rotatable bonds is 7. The summed E-state index contributed by atoms with van der Waals surface area (Å²) in [6.45, 7) is 2.77. The lowest BCUT2D eigenvalue weighted by atomic mass is 10.1. The molecule has 2 N–H and O–H groups in total. The van der Waals surface area contributed by atoms with E-state index in [4.69, 9.17) is 0 Å². The average Bonchev–Trinajstić information content (AvgIpc) is 2.59. The first-order valence-electron chi connectivity index (χ1n) is 8.04. The second-order valence-electron chi connectivity index (χ2n) is 5.93. The third kappa shape index (κ3) is 7.99. The number of thioether (sulfide) groups is 1. The Hall–Kier alpha value is -1.90. The van der Waals surface area contributed by atoms with Crippen molar-refractivity contribution in [3.05, 3.63) is 35.4 Å². The van der Waals surface area contributed by atoms with Crippen molar-refractivity contribution in [3.8, 4) is 0 Å². The Morgan fingerprint density at radius 2 is 2.00 bits per heavy atom. The zero-order valence-electron chi connectivity index (χ0n) is 15.4. The van der Waals surface area contributed by atoms with E-state index in [9.17, 15) is 18.0 Å². The quantitative estimate of drug-likeness (QED) is 0.555. The molecule has 1 aromatic rings. The van der Waals surface area contributed by atoms with Crippen molar-refractivity contribution in [2.24, 2.45) is 4.99 Å². The number of aliphatic imine (C=N–C) groups is 1. The number of hydrogen-bond donors (Lipinski definition) is 2. The zero-order valence-corrected chi connectivity index (χ0v) is 16.2. The first-order chi connectivity index (χ1) is 12.1. The lowest BCUT2D eigenvalue weighted by Crippen LogP contribution is -2.44. The van der Waals surface area contributed by atoms with Gasteiger partial charge in [-0.15, -0.1) is 0 Å². The first-order valence-corrected chi connectivity index (χ1v) is 9.33. The zero-order chi connectivity index (χ0) is 19.7. The maximum absolute atomic E-state index is 12.8. The maximum Gasteiger partial charge on any atom is 0.416 e. The van der Waals surface area contributed by atoms with Gasteiger partial charge in [0, 0.05) is 25.9 Å². The molecular formula is C17H25F3N4OS. The number of nitrogens with one attached hydrogen (secondary N) is 2. The van der Waals surface area contributed by atoms with Gasteiger partial charge in [-0.3, -0.25) is 4.79 Å². The summed E-state index contributed by atoms with van der Waals surface area (Å²) in [5, 5.41) is 6.34. The highest BCUT2D eigenvalue weighted by atomic mass is 32.2. The lowest BCUT2D eigenvalue weighted by molar-refractivity contribution is -0.137. The molecule has 1 atom stereocenters. The van der Waals surface area contributed by atoms with Crippen molar-refractivity contribution in [1.82, 2.24) is 15.5 Å². The Kier molecular flexibility index (Phi) is 8.77. The van der Waals surface area contributed by atoms with Crippen LogP contribution in [0.2, 0.25) is 0 Å². The molecule has 1 amide bonds. The van der Waals surface area contributed by atoms with Gasteiger partial charge in [0.1, 0.15) is 0 Å². The van der Waals surface area contributed by atoms with Gasteiger partial charge < -0.3 is 15.5 Å². The molecule has 0 aliphatic rings. The summed E-state index contributed by atoms with van der Waals surface area (Å²) in [7, 11) is 3.29. The Bertz CT molecular complexity index is 620. The van der Waals surface area contributed by atoms with Crippen molar-refractivity contribution in [2.75, 3.05) is 33.4 Å². The first kappa shape index (κ1) is 22.1. The topological polar surface area (TPSA) is 56.7 Å². The fraction of sp³-hybridized carbons (Fsp3) is 0.529. The number of likely N-dealkylation sites (N-methyl/N-ethyl adjacent to an activating group) is 1. The van der Waals surface area contributed by atoms with Crippen LogP contribution in [0.25, 0.3) is 0 Å². The van der Waals surface area contributed by atoms with E-state index in [1.165, 1.54) is 11.0 Å². The van der Waals surface area contributed by atoms with Gasteiger partial charge >= 0.3 is 6.18 Å².